The number of rotatable bonds is 4. The lowest BCUT2D eigenvalue weighted by molar-refractivity contribution is -0.119. The summed E-state index contributed by atoms with van der Waals surface area (Å²) in [6.07, 6.45) is 1.22. The van der Waals surface area contributed by atoms with Crippen molar-refractivity contribution in [2.45, 2.75) is 32.7 Å². The number of anilines is 1. The molecule has 19 heavy (non-hydrogen) atoms. The van der Waals surface area contributed by atoms with E-state index in [4.69, 9.17) is 4.52 Å². The molecule has 0 unspecified atom stereocenters. The van der Waals surface area contributed by atoms with Crippen molar-refractivity contribution in [1.29, 1.82) is 0 Å². The number of amides is 1. The highest BCUT2D eigenvalue weighted by atomic mass is 32.2. The lowest BCUT2D eigenvalue weighted by atomic mass is 10.2. The molecule has 1 N–H and O–H groups in total. The molecule has 0 aromatic carbocycles. The van der Waals surface area contributed by atoms with Gasteiger partial charge in [-0.05, 0) is 26.7 Å². The molecular formula is C11H17N3O4S. The summed E-state index contributed by atoms with van der Waals surface area (Å²) in [5.74, 6) is 0.533. The smallest absolute Gasteiger partial charge is 0.244 e. The quantitative estimate of drug-likeness (QED) is 0.881. The van der Waals surface area contributed by atoms with Gasteiger partial charge in [-0.25, -0.2) is 8.42 Å². The Morgan fingerprint density at radius 2 is 2.37 bits per heavy atom. The highest BCUT2D eigenvalue weighted by Gasteiger charge is 2.37. The van der Waals surface area contributed by atoms with Gasteiger partial charge in [0.05, 0.1) is 5.75 Å². The first kappa shape index (κ1) is 14.0. The predicted octanol–water partition coefficient (Wildman–Crippen LogP) is 0.736. The summed E-state index contributed by atoms with van der Waals surface area (Å²) in [4.78, 5) is 12.1. The molecule has 1 fully saturated rings. The van der Waals surface area contributed by atoms with Gasteiger partial charge < -0.3 is 9.84 Å². The maximum Gasteiger partial charge on any atom is 0.244 e. The number of sulfonamides is 1. The molecule has 0 radical (unpaired) electrons. The molecule has 1 aliphatic heterocycles. The molecule has 1 atom stereocenters. The number of hydrogen-bond donors (Lipinski definition) is 1. The standard InChI is InChI=1S/C11H17N3O4S/c1-3-19(16,17)14-6-4-5-9(14)11(15)12-10-7-8(2)18-13-10/h7,9H,3-6H2,1-2H3,(H,12,13,15)/t9-/m0/s1. The molecule has 0 spiro atoms. The summed E-state index contributed by atoms with van der Waals surface area (Å²) in [6.45, 7) is 3.68. The lowest BCUT2D eigenvalue weighted by Gasteiger charge is -2.22. The van der Waals surface area contributed by atoms with E-state index < -0.39 is 16.1 Å². The minimum atomic E-state index is -3.35. The zero-order valence-corrected chi connectivity index (χ0v) is 11.7. The second-order valence-electron chi connectivity index (χ2n) is 4.48. The molecular weight excluding hydrogens is 270 g/mol. The Balaban J connectivity index is 2.10. The van der Waals surface area contributed by atoms with E-state index in [1.165, 1.54) is 4.31 Å². The third kappa shape index (κ3) is 2.95. The number of hydrogen-bond acceptors (Lipinski definition) is 5. The molecule has 1 aromatic rings. The van der Waals surface area contributed by atoms with Crippen molar-refractivity contribution in [3.63, 3.8) is 0 Å². The van der Waals surface area contributed by atoms with Crippen LogP contribution in [0, 0.1) is 6.92 Å². The first-order chi connectivity index (χ1) is 8.94. The van der Waals surface area contributed by atoms with E-state index in [2.05, 4.69) is 10.5 Å². The minimum Gasteiger partial charge on any atom is -0.360 e. The van der Waals surface area contributed by atoms with Gasteiger partial charge in [-0.2, -0.15) is 4.31 Å². The van der Waals surface area contributed by atoms with Crippen LogP contribution < -0.4 is 5.32 Å². The third-order valence-electron chi connectivity index (χ3n) is 3.11. The Labute approximate surface area is 112 Å². The van der Waals surface area contributed by atoms with E-state index in [1.54, 1.807) is 19.9 Å². The summed E-state index contributed by atoms with van der Waals surface area (Å²) in [6, 6.07) is 0.938. The summed E-state index contributed by atoms with van der Waals surface area (Å²) >= 11 is 0. The average molecular weight is 287 g/mol. The van der Waals surface area contributed by atoms with E-state index in [0.717, 1.165) is 0 Å². The highest BCUT2D eigenvalue weighted by molar-refractivity contribution is 7.89. The molecule has 0 bridgehead atoms. The molecule has 8 heteroatoms. The van der Waals surface area contributed by atoms with E-state index in [-0.39, 0.29) is 11.7 Å². The van der Waals surface area contributed by atoms with Crippen LogP contribution in [0.15, 0.2) is 10.6 Å². The molecule has 0 saturated carbocycles. The van der Waals surface area contributed by atoms with Gasteiger partial charge in [0.2, 0.25) is 15.9 Å². The Morgan fingerprint density at radius 3 is 2.95 bits per heavy atom. The second kappa shape index (κ2) is 5.30. The second-order valence-corrected chi connectivity index (χ2v) is 6.69. The van der Waals surface area contributed by atoms with Gasteiger partial charge in [-0.1, -0.05) is 5.16 Å². The Kier molecular flexibility index (Phi) is 3.91. The minimum absolute atomic E-state index is 0.000150. The van der Waals surface area contributed by atoms with Crippen molar-refractivity contribution in [2.75, 3.05) is 17.6 Å². The maximum atomic E-state index is 12.1. The van der Waals surface area contributed by atoms with Gasteiger partial charge >= 0.3 is 0 Å². The number of nitrogens with zero attached hydrogens (tertiary/aromatic N) is 2. The summed E-state index contributed by atoms with van der Waals surface area (Å²) in [7, 11) is -3.35. The fourth-order valence-electron chi connectivity index (χ4n) is 2.14. The zero-order valence-electron chi connectivity index (χ0n) is 10.9. The van der Waals surface area contributed by atoms with Gasteiger partial charge in [0.1, 0.15) is 11.8 Å². The SMILES string of the molecule is CCS(=O)(=O)N1CCC[C@H]1C(=O)Nc1cc(C)on1. The lowest BCUT2D eigenvalue weighted by Crippen LogP contribution is -2.43. The predicted molar refractivity (Wildman–Crippen MR) is 69.1 cm³/mol. The topological polar surface area (TPSA) is 92.5 Å². The molecule has 1 aliphatic rings. The van der Waals surface area contributed by atoms with E-state index in [0.29, 0.717) is 31.0 Å². The van der Waals surface area contributed by atoms with Crippen molar-refractivity contribution in [3.8, 4) is 0 Å². The first-order valence-corrected chi connectivity index (χ1v) is 7.78. The zero-order chi connectivity index (χ0) is 14.0. The Bertz CT molecular complexity index is 566. The van der Waals surface area contributed by atoms with E-state index >= 15 is 0 Å². The maximum absolute atomic E-state index is 12.1. The molecule has 7 nitrogen and oxygen atoms in total. The van der Waals surface area contributed by atoms with Gasteiger partial charge in [-0.15, -0.1) is 0 Å². The fraction of sp³-hybridized carbons (Fsp3) is 0.636. The summed E-state index contributed by atoms with van der Waals surface area (Å²) in [5, 5.41) is 6.24. The van der Waals surface area contributed by atoms with Crippen molar-refractivity contribution in [3.05, 3.63) is 11.8 Å². The van der Waals surface area contributed by atoms with Crippen molar-refractivity contribution in [2.24, 2.45) is 0 Å². The number of nitrogens with one attached hydrogen (secondary N) is 1. The molecule has 2 heterocycles. The Hall–Kier alpha value is -1.41. The fourth-order valence-corrected chi connectivity index (χ4v) is 3.46. The van der Waals surface area contributed by atoms with Crippen LogP contribution in [-0.4, -0.2) is 42.1 Å². The van der Waals surface area contributed by atoms with Crippen molar-refractivity contribution in [1.82, 2.24) is 9.46 Å². The normalized spacial score (nSPS) is 20.6. The highest BCUT2D eigenvalue weighted by Crippen LogP contribution is 2.22. The van der Waals surface area contributed by atoms with Crippen LogP contribution in [0.3, 0.4) is 0 Å². The van der Waals surface area contributed by atoms with Crippen LogP contribution in [0.2, 0.25) is 0 Å². The van der Waals surface area contributed by atoms with E-state index in [1.807, 2.05) is 0 Å². The molecule has 1 amide bonds. The molecule has 106 valence electrons. The third-order valence-corrected chi connectivity index (χ3v) is 4.99. The number of aromatic nitrogens is 1. The molecule has 1 aromatic heterocycles. The Morgan fingerprint density at radius 1 is 1.63 bits per heavy atom. The van der Waals surface area contributed by atoms with Crippen molar-refractivity contribution < 1.29 is 17.7 Å². The van der Waals surface area contributed by atoms with Crippen LogP contribution in [0.5, 0.6) is 0 Å². The largest absolute Gasteiger partial charge is 0.360 e. The molecule has 0 aliphatic carbocycles. The van der Waals surface area contributed by atoms with Gasteiger partial charge in [0, 0.05) is 12.6 Å². The van der Waals surface area contributed by atoms with Gasteiger partial charge in [-0.3, -0.25) is 4.79 Å². The summed E-state index contributed by atoms with van der Waals surface area (Å²) < 4.78 is 29.9. The number of carbonyl (C=O) groups is 1. The van der Waals surface area contributed by atoms with Crippen LogP contribution in [0.25, 0.3) is 0 Å². The first-order valence-electron chi connectivity index (χ1n) is 6.17. The monoisotopic (exact) mass is 287 g/mol. The average Bonchev–Trinajstić information content (AvgIpc) is 2.98. The van der Waals surface area contributed by atoms with Gasteiger partial charge in [0.25, 0.3) is 0 Å². The van der Waals surface area contributed by atoms with Crippen LogP contribution in [0.4, 0.5) is 5.82 Å². The number of aryl methyl sites for hydroxylation is 1. The summed E-state index contributed by atoms with van der Waals surface area (Å²) in [5.41, 5.74) is 0. The van der Waals surface area contributed by atoms with Crippen LogP contribution in [-0.2, 0) is 14.8 Å². The van der Waals surface area contributed by atoms with Gasteiger partial charge in [0.15, 0.2) is 5.82 Å². The van der Waals surface area contributed by atoms with Crippen molar-refractivity contribution >= 4 is 21.7 Å². The molecule has 1 saturated heterocycles. The van der Waals surface area contributed by atoms with Crippen LogP contribution >= 0.6 is 0 Å². The van der Waals surface area contributed by atoms with Crippen LogP contribution in [0.1, 0.15) is 25.5 Å². The van der Waals surface area contributed by atoms with E-state index in [9.17, 15) is 13.2 Å². The number of carbonyl (C=O) groups excluding carboxylic acids is 1. The molecule has 2 rings (SSSR count).